The predicted octanol–water partition coefficient (Wildman–Crippen LogP) is 2.85. The summed E-state index contributed by atoms with van der Waals surface area (Å²) in [5.74, 6) is 0.323. The Morgan fingerprint density at radius 1 is 1.42 bits per heavy atom. The topological polar surface area (TPSA) is 74.2 Å². The van der Waals surface area contributed by atoms with Crippen molar-refractivity contribution in [2.24, 2.45) is 0 Å². The van der Waals surface area contributed by atoms with Crippen LogP contribution in [0.5, 0.6) is 0 Å². The normalized spacial score (nSPS) is 16.1. The highest BCUT2D eigenvalue weighted by molar-refractivity contribution is 5.93. The van der Waals surface area contributed by atoms with Gasteiger partial charge >= 0.3 is 0 Å². The summed E-state index contributed by atoms with van der Waals surface area (Å²) in [4.78, 5) is 18.2. The molecule has 1 atom stereocenters. The van der Waals surface area contributed by atoms with E-state index in [1.54, 1.807) is 6.07 Å². The maximum atomic E-state index is 12.5. The summed E-state index contributed by atoms with van der Waals surface area (Å²) >= 11 is 0. The number of aromatic nitrogens is 2. The maximum absolute atomic E-state index is 12.5. The van der Waals surface area contributed by atoms with E-state index in [1.165, 1.54) is 22.2 Å². The third-order valence-electron chi connectivity index (χ3n) is 4.71. The van der Waals surface area contributed by atoms with Gasteiger partial charge in [0, 0.05) is 42.2 Å². The van der Waals surface area contributed by atoms with E-state index in [0.29, 0.717) is 5.88 Å². The van der Waals surface area contributed by atoms with Crippen LogP contribution in [-0.2, 0) is 17.8 Å². The first-order valence-corrected chi connectivity index (χ1v) is 8.18. The van der Waals surface area contributed by atoms with Gasteiger partial charge in [-0.2, -0.15) is 0 Å². The molecule has 1 aliphatic rings. The zero-order valence-electron chi connectivity index (χ0n) is 13.8. The summed E-state index contributed by atoms with van der Waals surface area (Å²) in [5.41, 5.74) is 4.50. The molecule has 1 amide bonds. The summed E-state index contributed by atoms with van der Waals surface area (Å²) in [5, 5.41) is 7.83. The Labute approximate surface area is 139 Å². The molecule has 3 heterocycles. The van der Waals surface area contributed by atoms with E-state index in [2.05, 4.69) is 38.6 Å². The standard InChI is InChI=1S/C18H20N4O2/c1-11-9-17(24-21-11)20-18(23)12(2)22-8-7-16-14(10-22)13-5-3-4-6-15(13)19-16/h3-6,9,12,19H,7-8,10H2,1-2H3,(H,20,23). The minimum Gasteiger partial charge on any atom is -0.358 e. The van der Waals surface area contributed by atoms with E-state index < -0.39 is 0 Å². The second-order valence-corrected chi connectivity index (χ2v) is 6.35. The van der Waals surface area contributed by atoms with Crippen molar-refractivity contribution >= 4 is 22.7 Å². The second-order valence-electron chi connectivity index (χ2n) is 6.35. The summed E-state index contributed by atoms with van der Waals surface area (Å²) in [7, 11) is 0. The number of nitrogens with one attached hydrogen (secondary N) is 2. The van der Waals surface area contributed by atoms with Crippen LogP contribution < -0.4 is 5.32 Å². The molecular formula is C18H20N4O2. The number of nitrogens with zero attached hydrogens (tertiary/aromatic N) is 2. The van der Waals surface area contributed by atoms with Crippen molar-refractivity contribution in [3.05, 3.63) is 47.3 Å². The molecule has 0 aliphatic carbocycles. The number of benzene rings is 1. The number of hydrogen-bond acceptors (Lipinski definition) is 4. The molecule has 0 bridgehead atoms. The molecule has 1 aromatic carbocycles. The van der Waals surface area contributed by atoms with E-state index in [4.69, 9.17) is 4.52 Å². The number of carbonyl (C=O) groups excluding carboxylic acids is 1. The lowest BCUT2D eigenvalue weighted by Gasteiger charge is -2.31. The average molecular weight is 324 g/mol. The van der Waals surface area contributed by atoms with Gasteiger partial charge < -0.3 is 9.51 Å². The number of amides is 1. The Bertz CT molecular complexity index is 895. The van der Waals surface area contributed by atoms with Crippen molar-refractivity contribution < 1.29 is 9.32 Å². The summed E-state index contributed by atoms with van der Waals surface area (Å²) in [6.45, 7) is 5.37. The number of para-hydroxylation sites is 1. The Balaban J connectivity index is 1.52. The largest absolute Gasteiger partial charge is 0.358 e. The van der Waals surface area contributed by atoms with Crippen LogP contribution in [0.3, 0.4) is 0 Å². The molecule has 6 heteroatoms. The number of fused-ring (bicyclic) bond motifs is 3. The van der Waals surface area contributed by atoms with Gasteiger partial charge in [-0.25, -0.2) is 0 Å². The van der Waals surface area contributed by atoms with Crippen molar-refractivity contribution in [1.29, 1.82) is 0 Å². The number of aryl methyl sites for hydroxylation is 1. The first kappa shape index (κ1) is 15.0. The SMILES string of the molecule is Cc1cc(NC(=O)C(C)N2CCc3[nH]c4ccccc4c3C2)on1. The van der Waals surface area contributed by atoms with Crippen molar-refractivity contribution in [3.8, 4) is 0 Å². The molecule has 0 saturated heterocycles. The third-order valence-corrected chi connectivity index (χ3v) is 4.71. The molecular weight excluding hydrogens is 304 g/mol. The summed E-state index contributed by atoms with van der Waals surface area (Å²) in [6, 6.07) is 9.81. The molecule has 6 nitrogen and oxygen atoms in total. The monoisotopic (exact) mass is 324 g/mol. The van der Waals surface area contributed by atoms with Gasteiger partial charge in [-0.1, -0.05) is 23.4 Å². The van der Waals surface area contributed by atoms with Gasteiger partial charge in [0.05, 0.1) is 11.7 Å². The summed E-state index contributed by atoms with van der Waals surface area (Å²) in [6.07, 6.45) is 0.920. The van der Waals surface area contributed by atoms with Gasteiger partial charge in [-0.3, -0.25) is 15.0 Å². The molecule has 124 valence electrons. The average Bonchev–Trinajstić information content (AvgIpc) is 3.16. The van der Waals surface area contributed by atoms with Crippen molar-refractivity contribution in [1.82, 2.24) is 15.0 Å². The Morgan fingerprint density at radius 3 is 3.04 bits per heavy atom. The molecule has 0 radical (unpaired) electrons. The van der Waals surface area contributed by atoms with Crippen molar-refractivity contribution in [2.75, 3.05) is 11.9 Å². The number of aromatic amines is 1. The van der Waals surface area contributed by atoms with E-state index in [9.17, 15) is 4.79 Å². The van der Waals surface area contributed by atoms with Crippen molar-refractivity contribution in [2.45, 2.75) is 32.9 Å². The number of hydrogen-bond donors (Lipinski definition) is 2. The van der Waals surface area contributed by atoms with Crippen molar-refractivity contribution in [3.63, 3.8) is 0 Å². The predicted molar refractivity (Wildman–Crippen MR) is 91.7 cm³/mol. The molecule has 2 aromatic heterocycles. The number of rotatable bonds is 3. The lowest BCUT2D eigenvalue weighted by molar-refractivity contribution is -0.121. The van der Waals surface area contributed by atoms with Crippen LogP contribution in [0.2, 0.25) is 0 Å². The third kappa shape index (κ3) is 2.59. The lowest BCUT2D eigenvalue weighted by atomic mass is 10.0. The molecule has 1 aliphatic heterocycles. The quantitative estimate of drug-likeness (QED) is 0.777. The Hall–Kier alpha value is -2.60. The Morgan fingerprint density at radius 2 is 2.25 bits per heavy atom. The minimum absolute atomic E-state index is 0.0746. The molecule has 1 unspecified atom stereocenters. The van der Waals surface area contributed by atoms with Gasteiger partial charge in [-0.05, 0) is 25.5 Å². The number of anilines is 1. The molecule has 4 rings (SSSR count). The van der Waals surface area contributed by atoms with Crippen LogP contribution in [0, 0.1) is 6.92 Å². The van der Waals surface area contributed by atoms with E-state index in [-0.39, 0.29) is 11.9 Å². The summed E-state index contributed by atoms with van der Waals surface area (Å²) < 4.78 is 5.07. The first-order chi connectivity index (χ1) is 11.6. The zero-order chi connectivity index (χ0) is 16.7. The minimum atomic E-state index is -0.239. The van der Waals surface area contributed by atoms with Crippen LogP contribution in [0.4, 0.5) is 5.88 Å². The van der Waals surface area contributed by atoms with E-state index in [1.807, 2.05) is 19.9 Å². The van der Waals surface area contributed by atoms with Gasteiger partial charge in [-0.15, -0.1) is 0 Å². The molecule has 24 heavy (non-hydrogen) atoms. The fourth-order valence-electron chi connectivity index (χ4n) is 3.33. The molecule has 0 spiro atoms. The van der Waals surface area contributed by atoms with E-state index in [0.717, 1.165) is 25.2 Å². The van der Waals surface area contributed by atoms with Gasteiger partial charge in [0.25, 0.3) is 0 Å². The maximum Gasteiger partial charge on any atom is 0.243 e. The number of H-pyrrole nitrogens is 1. The van der Waals surface area contributed by atoms with Crippen LogP contribution in [0.25, 0.3) is 10.9 Å². The fraction of sp³-hybridized carbons (Fsp3) is 0.333. The lowest BCUT2D eigenvalue weighted by Crippen LogP contribution is -2.44. The van der Waals surface area contributed by atoms with E-state index >= 15 is 0 Å². The van der Waals surface area contributed by atoms with Crippen LogP contribution in [0.15, 0.2) is 34.9 Å². The highest BCUT2D eigenvalue weighted by atomic mass is 16.5. The first-order valence-electron chi connectivity index (χ1n) is 8.18. The van der Waals surface area contributed by atoms with Gasteiger partial charge in [0.1, 0.15) is 0 Å². The highest BCUT2D eigenvalue weighted by Gasteiger charge is 2.27. The van der Waals surface area contributed by atoms with Crippen LogP contribution in [0.1, 0.15) is 23.9 Å². The van der Waals surface area contributed by atoms with Crippen LogP contribution in [-0.4, -0.2) is 33.5 Å². The Kier molecular flexibility index (Phi) is 3.61. The second kappa shape index (κ2) is 5.79. The molecule has 0 fully saturated rings. The van der Waals surface area contributed by atoms with Crippen LogP contribution >= 0.6 is 0 Å². The fourth-order valence-corrected chi connectivity index (χ4v) is 3.33. The zero-order valence-corrected chi connectivity index (χ0v) is 13.8. The highest BCUT2D eigenvalue weighted by Crippen LogP contribution is 2.28. The molecule has 0 saturated carbocycles. The molecule has 3 aromatic rings. The van der Waals surface area contributed by atoms with Gasteiger partial charge in [0.2, 0.25) is 11.8 Å². The molecule has 2 N–H and O–H groups in total. The van der Waals surface area contributed by atoms with Gasteiger partial charge in [0.15, 0.2) is 0 Å². The smallest absolute Gasteiger partial charge is 0.243 e. The number of carbonyl (C=O) groups is 1.